The number of fused-ring (bicyclic) bond motifs is 2. The maximum atomic E-state index is 13.0. The Balaban J connectivity index is 1.63. The Bertz CT molecular complexity index is 1270. The van der Waals surface area contributed by atoms with Gasteiger partial charge in [-0.05, 0) is 55.2 Å². The van der Waals surface area contributed by atoms with Gasteiger partial charge in [-0.25, -0.2) is 14.6 Å². The zero-order valence-corrected chi connectivity index (χ0v) is 17.3. The van der Waals surface area contributed by atoms with E-state index in [1.165, 1.54) is 5.39 Å². The van der Waals surface area contributed by atoms with Crippen molar-refractivity contribution in [3.8, 4) is 5.95 Å². The maximum Gasteiger partial charge on any atom is 0.251 e. The number of benzene rings is 2. The average Bonchev–Trinajstić information content (AvgIpc) is 3.05. The number of nitrogens with zero attached hydrogens (tertiary/aromatic N) is 4. The third-order valence-electron chi connectivity index (χ3n) is 5.51. The molecule has 6 nitrogen and oxygen atoms in total. The lowest BCUT2D eigenvalue weighted by Gasteiger charge is -2.19. The summed E-state index contributed by atoms with van der Waals surface area (Å²) in [6.07, 6.45) is 1.29. The van der Waals surface area contributed by atoms with Crippen molar-refractivity contribution in [2.45, 2.75) is 33.6 Å². The predicted molar refractivity (Wildman–Crippen MR) is 118 cm³/mol. The van der Waals surface area contributed by atoms with Gasteiger partial charge in [0, 0.05) is 23.5 Å². The van der Waals surface area contributed by atoms with Crippen molar-refractivity contribution >= 4 is 28.1 Å². The first-order valence-corrected chi connectivity index (χ1v) is 10.2. The molecule has 1 unspecified atom stereocenters. The van der Waals surface area contributed by atoms with Gasteiger partial charge in [0.15, 0.2) is 11.6 Å². The van der Waals surface area contributed by atoms with Crippen LogP contribution in [-0.2, 0) is 6.42 Å². The van der Waals surface area contributed by atoms with Crippen LogP contribution in [-0.4, -0.2) is 25.5 Å². The van der Waals surface area contributed by atoms with Crippen molar-refractivity contribution in [2.24, 2.45) is 5.92 Å². The van der Waals surface area contributed by atoms with Crippen molar-refractivity contribution in [3.63, 3.8) is 0 Å². The van der Waals surface area contributed by atoms with Gasteiger partial charge in [0.25, 0.3) is 5.95 Å². The lowest BCUT2D eigenvalue weighted by atomic mass is 9.88. The molecule has 0 saturated heterocycles. The molecule has 1 aliphatic carbocycles. The largest absolute Gasteiger partial charge is 0.338 e. The summed E-state index contributed by atoms with van der Waals surface area (Å²) in [6.45, 7) is 5.98. The second kappa shape index (κ2) is 7.06. The Hall–Kier alpha value is -3.54. The predicted octanol–water partition coefficient (Wildman–Crippen LogP) is 4.94. The van der Waals surface area contributed by atoms with Crippen LogP contribution >= 0.6 is 0 Å². The molecule has 1 aliphatic rings. The number of hydrogen-bond acceptors (Lipinski definition) is 5. The van der Waals surface area contributed by atoms with Gasteiger partial charge in [0.05, 0.1) is 11.3 Å². The van der Waals surface area contributed by atoms with E-state index in [-0.39, 0.29) is 11.7 Å². The number of carbonyl (C=O) groups excluding carboxylic acids is 1. The summed E-state index contributed by atoms with van der Waals surface area (Å²) in [5.74, 6) is 1.46. The third kappa shape index (κ3) is 3.24. The summed E-state index contributed by atoms with van der Waals surface area (Å²) in [7, 11) is 0. The van der Waals surface area contributed by atoms with Gasteiger partial charge in [-0.15, -0.1) is 5.10 Å². The molecule has 0 aliphatic heterocycles. The van der Waals surface area contributed by atoms with E-state index in [2.05, 4.69) is 46.5 Å². The second-order valence-electron chi connectivity index (χ2n) is 8.16. The molecule has 0 saturated carbocycles. The number of nitrogens with one attached hydrogen (secondary N) is 1. The molecule has 2 aromatic heterocycles. The first kappa shape index (κ1) is 18.5. The van der Waals surface area contributed by atoms with Crippen LogP contribution in [0.1, 0.15) is 40.8 Å². The van der Waals surface area contributed by atoms with Gasteiger partial charge >= 0.3 is 0 Å². The van der Waals surface area contributed by atoms with Crippen LogP contribution in [0.25, 0.3) is 16.7 Å². The molecular formula is C24H23N5O. The van der Waals surface area contributed by atoms with Crippen molar-refractivity contribution < 1.29 is 4.79 Å². The van der Waals surface area contributed by atoms with Crippen LogP contribution in [0.3, 0.4) is 0 Å². The summed E-state index contributed by atoms with van der Waals surface area (Å²) in [5.41, 5.74) is 4.19. The van der Waals surface area contributed by atoms with Gasteiger partial charge in [-0.3, -0.25) is 4.79 Å². The van der Waals surface area contributed by atoms with Crippen LogP contribution < -0.4 is 5.32 Å². The van der Waals surface area contributed by atoms with Crippen LogP contribution in [0.15, 0.2) is 48.5 Å². The van der Waals surface area contributed by atoms with Gasteiger partial charge in [-0.1, -0.05) is 37.3 Å². The molecule has 30 heavy (non-hydrogen) atoms. The Morgan fingerprint density at radius 2 is 1.70 bits per heavy atom. The molecule has 1 N–H and O–H groups in total. The number of aryl methyl sites for hydroxylation is 2. The molecule has 0 fully saturated rings. The van der Waals surface area contributed by atoms with Gasteiger partial charge < -0.3 is 5.32 Å². The molecule has 1 atom stereocenters. The number of anilines is 2. The molecule has 0 radical (unpaired) electrons. The molecule has 2 heterocycles. The third-order valence-corrected chi connectivity index (χ3v) is 5.51. The summed E-state index contributed by atoms with van der Waals surface area (Å²) in [5, 5.41) is 10.4. The highest BCUT2D eigenvalue weighted by atomic mass is 16.1. The highest BCUT2D eigenvalue weighted by Gasteiger charge is 2.31. The smallest absolute Gasteiger partial charge is 0.251 e. The maximum absolute atomic E-state index is 13.0. The molecular weight excluding hydrogens is 374 g/mol. The summed E-state index contributed by atoms with van der Waals surface area (Å²) in [4.78, 5) is 22.1. The lowest BCUT2D eigenvalue weighted by Crippen LogP contribution is -2.20. The minimum absolute atomic E-state index is 0.114. The Morgan fingerprint density at radius 3 is 2.47 bits per heavy atom. The fourth-order valence-electron chi connectivity index (χ4n) is 4.21. The molecule has 2 aromatic carbocycles. The van der Waals surface area contributed by atoms with Crippen LogP contribution in [0, 0.1) is 19.8 Å². The molecule has 6 heteroatoms. The number of aromatic nitrogens is 4. The first-order valence-electron chi connectivity index (χ1n) is 10.2. The van der Waals surface area contributed by atoms with E-state index in [0.29, 0.717) is 23.8 Å². The minimum Gasteiger partial charge on any atom is -0.338 e. The molecule has 0 amide bonds. The quantitative estimate of drug-likeness (QED) is 0.530. The van der Waals surface area contributed by atoms with Gasteiger partial charge in [-0.2, -0.15) is 0 Å². The van der Waals surface area contributed by atoms with Crippen LogP contribution in [0.5, 0.6) is 0 Å². The van der Waals surface area contributed by atoms with Gasteiger partial charge in [0.2, 0.25) is 0 Å². The Labute approximate surface area is 175 Å². The number of carbonyl (C=O) groups is 1. The topological polar surface area (TPSA) is 72.7 Å². The first-order chi connectivity index (χ1) is 14.5. The molecule has 0 bridgehead atoms. The monoisotopic (exact) mass is 397 g/mol. The van der Waals surface area contributed by atoms with E-state index < -0.39 is 0 Å². The van der Waals surface area contributed by atoms with E-state index in [4.69, 9.17) is 5.10 Å². The Morgan fingerprint density at radius 1 is 0.967 bits per heavy atom. The van der Waals surface area contributed by atoms with Crippen LogP contribution in [0.2, 0.25) is 0 Å². The lowest BCUT2D eigenvalue weighted by molar-refractivity contribution is 0.0953. The number of ketones is 1. The second-order valence-corrected chi connectivity index (χ2v) is 8.16. The van der Waals surface area contributed by atoms with Crippen molar-refractivity contribution in [3.05, 3.63) is 71.2 Å². The SMILES string of the molecule is Cc1cc(C)nc(-n2nc(Nc3ccc4ccccc4c3)c3c2CC(C)CC3=O)n1. The molecule has 4 aromatic rings. The van der Waals surface area contributed by atoms with Crippen molar-refractivity contribution in [1.29, 1.82) is 0 Å². The normalized spacial score (nSPS) is 16.0. The highest BCUT2D eigenvalue weighted by molar-refractivity contribution is 6.03. The van der Waals surface area contributed by atoms with E-state index in [1.54, 1.807) is 4.68 Å². The summed E-state index contributed by atoms with van der Waals surface area (Å²) >= 11 is 0. The van der Waals surface area contributed by atoms with Crippen molar-refractivity contribution in [1.82, 2.24) is 19.7 Å². The average molecular weight is 397 g/mol. The Kier molecular flexibility index (Phi) is 4.35. The fourth-order valence-corrected chi connectivity index (χ4v) is 4.21. The fraction of sp³-hybridized carbons (Fsp3) is 0.250. The highest BCUT2D eigenvalue weighted by Crippen LogP contribution is 2.33. The summed E-state index contributed by atoms with van der Waals surface area (Å²) in [6, 6.07) is 16.3. The standard InChI is InChI=1S/C24H23N5O/c1-14-10-20-22(21(30)11-14)23(28-29(20)24-25-15(2)12-16(3)26-24)27-19-9-8-17-6-4-5-7-18(17)13-19/h4-9,12-14H,10-11H2,1-3H3,(H,27,28). The minimum atomic E-state index is 0.114. The molecule has 150 valence electrons. The number of rotatable bonds is 3. The number of hydrogen-bond donors (Lipinski definition) is 1. The van der Waals surface area contributed by atoms with E-state index >= 15 is 0 Å². The zero-order valence-electron chi connectivity index (χ0n) is 17.3. The molecule has 0 spiro atoms. The summed E-state index contributed by atoms with van der Waals surface area (Å²) < 4.78 is 1.74. The molecule has 5 rings (SSSR count). The zero-order chi connectivity index (χ0) is 20.8. The number of Topliss-reactive ketones (excluding diaryl/α,β-unsaturated/α-hetero) is 1. The van der Waals surface area contributed by atoms with E-state index in [0.717, 1.165) is 34.6 Å². The van der Waals surface area contributed by atoms with Crippen LogP contribution in [0.4, 0.5) is 11.5 Å². The van der Waals surface area contributed by atoms with E-state index in [1.807, 2.05) is 38.1 Å². The van der Waals surface area contributed by atoms with Gasteiger partial charge in [0.1, 0.15) is 0 Å². The van der Waals surface area contributed by atoms with E-state index in [9.17, 15) is 4.79 Å². The van der Waals surface area contributed by atoms with Crippen molar-refractivity contribution in [2.75, 3.05) is 5.32 Å².